The SMILES string of the molecule is N#Cc1nccnc1N1CCc2ccc(C(=O)O)cc2C1. The van der Waals surface area contributed by atoms with Crippen molar-refractivity contribution in [2.45, 2.75) is 13.0 Å². The zero-order chi connectivity index (χ0) is 14.8. The maximum absolute atomic E-state index is 11.1. The molecule has 2 heterocycles. The molecule has 0 saturated carbocycles. The maximum atomic E-state index is 11.1. The number of aromatic carboxylic acids is 1. The topological polar surface area (TPSA) is 90.1 Å². The third-order valence-electron chi connectivity index (χ3n) is 3.55. The molecule has 0 saturated heterocycles. The van der Waals surface area contributed by atoms with Crippen LogP contribution in [0.1, 0.15) is 27.2 Å². The predicted molar refractivity (Wildman–Crippen MR) is 74.9 cm³/mol. The van der Waals surface area contributed by atoms with Gasteiger partial charge < -0.3 is 10.0 Å². The third kappa shape index (κ3) is 2.41. The number of hydrogen-bond donors (Lipinski definition) is 1. The van der Waals surface area contributed by atoms with Crippen molar-refractivity contribution in [1.29, 1.82) is 5.26 Å². The Balaban J connectivity index is 1.95. The summed E-state index contributed by atoms with van der Waals surface area (Å²) in [6.45, 7) is 1.26. The van der Waals surface area contributed by atoms with E-state index in [1.54, 1.807) is 18.3 Å². The van der Waals surface area contributed by atoms with E-state index in [1.165, 1.54) is 6.20 Å². The standard InChI is InChI=1S/C15H12N4O2/c16-8-13-14(18-5-4-17-13)19-6-3-10-1-2-11(15(20)21)7-12(10)9-19/h1-2,4-5,7H,3,6,9H2,(H,20,21). The molecular formula is C15H12N4O2. The number of anilines is 1. The molecule has 0 bridgehead atoms. The lowest BCUT2D eigenvalue weighted by Gasteiger charge is -2.30. The number of fused-ring (bicyclic) bond motifs is 1. The molecule has 1 aliphatic rings. The summed E-state index contributed by atoms with van der Waals surface area (Å²) in [5.41, 5.74) is 2.65. The molecule has 0 fully saturated rings. The number of nitrogens with zero attached hydrogens (tertiary/aromatic N) is 4. The van der Waals surface area contributed by atoms with Crippen molar-refractivity contribution in [3.63, 3.8) is 0 Å². The summed E-state index contributed by atoms with van der Waals surface area (Å²) in [4.78, 5) is 21.3. The molecule has 0 spiro atoms. The van der Waals surface area contributed by atoms with Crippen molar-refractivity contribution in [2.24, 2.45) is 0 Å². The summed E-state index contributed by atoms with van der Waals surface area (Å²) in [5, 5.41) is 18.2. The van der Waals surface area contributed by atoms with Gasteiger partial charge in [0.05, 0.1) is 5.56 Å². The first-order chi connectivity index (χ1) is 10.2. The highest BCUT2D eigenvalue weighted by atomic mass is 16.4. The van der Waals surface area contributed by atoms with E-state index in [-0.39, 0.29) is 11.3 Å². The largest absolute Gasteiger partial charge is 0.478 e. The normalized spacial score (nSPS) is 13.4. The zero-order valence-corrected chi connectivity index (χ0v) is 11.2. The summed E-state index contributed by atoms with van der Waals surface area (Å²) < 4.78 is 0. The summed E-state index contributed by atoms with van der Waals surface area (Å²) in [7, 11) is 0. The number of benzene rings is 1. The van der Waals surface area contributed by atoms with Crippen LogP contribution in [0.3, 0.4) is 0 Å². The Morgan fingerprint density at radius 2 is 2.10 bits per heavy atom. The van der Waals surface area contributed by atoms with Crippen LogP contribution in [0.15, 0.2) is 30.6 Å². The van der Waals surface area contributed by atoms with Crippen molar-refractivity contribution in [1.82, 2.24) is 9.97 Å². The smallest absolute Gasteiger partial charge is 0.335 e. The van der Waals surface area contributed by atoms with Crippen LogP contribution in [0, 0.1) is 11.3 Å². The molecule has 0 atom stereocenters. The Morgan fingerprint density at radius 3 is 2.86 bits per heavy atom. The summed E-state index contributed by atoms with van der Waals surface area (Å²) >= 11 is 0. The lowest BCUT2D eigenvalue weighted by molar-refractivity contribution is 0.0696. The monoisotopic (exact) mass is 280 g/mol. The lowest BCUT2D eigenvalue weighted by atomic mass is 9.97. The minimum absolute atomic E-state index is 0.273. The van der Waals surface area contributed by atoms with Crippen LogP contribution in [0.5, 0.6) is 0 Å². The van der Waals surface area contributed by atoms with Gasteiger partial charge in [-0.1, -0.05) is 6.07 Å². The van der Waals surface area contributed by atoms with E-state index in [0.29, 0.717) is 12.4 Å². The second-order valence-electron chi connectivity index (χ2n) is 4.80. The van der Waals surface area contributed by atoms with Gasteiger partial charge >= 0.3 is 5.97 Å². The molecule has 6 heteroatoms. The second kappa shape index (κ2) is 5.21. The molecule has 2 aromatic rings. The van der Waals surface area contributed by atoms with Gasteiger partial charge in [-0.15, -0.1) is 0 Å². The van der Waals surface area contributed by atoms with Crippen molar-refractivity contribution >= 4 is 11.8 Å². The molecule has 1 aromatic heterocycles. The van der Waals surface area contributed by atoms with Crippen LogP contribution >= 0.6 is 0 Å². The number of aromatic nitrogens is 2. The molecule has 0 unspecified atom stereocenters. The molecule has 1 aromatic carbocycles. The molecule has 104 valence electrons. The van der Waals surface area contributed by atoms with Gasteiger partial charge in [0.15, 0.2) is 11.5 Å². The molecule has 21 heavy (non-hydrogen) atoms. The molecule has 0 aliphatic carbocycles. The van der Waals surface area contributed by atoms with Gasteiger partial charge in [0.1, 0.15) is 6.07 Å². The lowest BCUT2D eigenvalue weighted by Crippen LogP contribution is -2.32. The number of hydrogen-bond acceptors (Lipinski definition) is 5. The van der Waals surface area contributed by atoms with Gasteiger partial charge in [-0.05, 0) is 29.7 Å². The fourth-order valence-electron chi connectivity index (χ4n) is 2.51. The molecule has 0 radical (unpaired) electrons. The quantitative estimate of drug-likeness (QED) is 0.898. The van der Waals surface area contributed by atoms with Crippen LogP contribution < -0.4 is 4.90 Å². The molecule has 1 N–H and O–H groups in total. The van der Waals surface area contributed by atoms with Crippen LogP contribution in [0.25, 0.3) is 0 Å². The number of carboxylic acid groups (broad SMARTS) is 1. The average molecular weight is 280 g/mol. The van der Waals surface area contributed by atoms with Gasteiger partial charge in [-0.3, -0.25) is 0 Å². The van der Waals surface area contributed by atoms with E-state index in [0.717, 1.165) is 24.1 Å². The van der Waals surface area contributed by atoms with Gasteiger partial charge in [0, 0.05) is 25.5 Å². The van der Waals surface area contributed by atoms with Crippen LogP contribution in [-0.4, -0.2) is 27.6 Å². The summed E-state index contributed by atoms with van der Waals surface area (Å²) in [5.74, 6) is -0.390. The van der Waals surface area contributed by atoms with Crippen molar-refractivity contribution < 1.29 is 9.90 Å². The zero-order valence-electron chi connectivity index (χ0n) is 11.2. The van der Waals surface area contributed by atoms with Gasteiger partial charge in [-0.25, -0.2) is 14.8 Å². The van der Waals surface area contributed by atoms with Crippen molar-refractivity contribution in [3.8, 4) is 6.07 Å². The minimum atomic E-state index is -0.938. The van der Waals surface area contributed by atoms with Gasteiger partial charge in [-0.2, -0.15) is 5.26 Å². The third-order valence-corrected chi connectivity index (χ3v) is 3.55. The molecule has 0 amide bonds. The Bertz CT molecular complexity index is 752. The highest BCUT2D eigenvalue weighted by Crippen LogP contribution is 2.25. The van der Waals surface area contributed by atoms with E-state index in [9.17, 15) is 4.79 Å². The molecule has 6 nitrogen and oxygen atoms in total. The number of carboxylic acids is 1. The van der Waals surface area contributed by atoms with E-state index in [2.05, 4.69) is 9.97 Å². The van der Waals surface area contributed by atoms with Crippen molar-refractivity contribution in [3.05, 3.63) is 53.0 Å². The Hall–Kier alpha value is -2.94. The van der Waals surface area contributed by atoms with E-state index in [4.69, 9.17) is 10.4 Å². The van der Waals surface area contributed by atoms with E-state index < -0.39 is 5.97 Å². The molecule has 1 aliphatic heterocycles. The minimum Gasteiger partial charge on any atom is -0.478 e. The highest BCUT2D eigenvalue weighted by molar-refractivity contribution is 5.88. The second-order valence-corrected chi connectivity index (χ2v) is 4.80. The van der Waals surface area contributed by atoms with Crippen LogP contribution in [-0.2, 0) is 13.0 Å². The van der Waals surface area contributed by atoms with Crippen LogP contribution in [0.2, 0.25) is 0 Å². The number of rotatable bonds is 2. The first-order valence-electron chi connectivity index (χ1n) is 6.50. The first kappa shape index (κ1) is 13.1. The predicted octanol–water partition coefficient (Wildman–Crippen LogP) is 1.61. The highest BCUT2D eigenvalue weighted by Gasteiger charge is 2.21. The Morgan fingerprint density at radius 1 is 1.29 bits per heavy atom. The Labute approximate surface area is 121 Å². The van der Waals surface area contributed by atoms with E-state index >= 15 is 0 Å². The first-order valence-corrected chi connectivity index (χ1v) is 6.50. The summed E-state index contributed by atoms with van der Waals surface area (Å²) in [6, 6.07) is 7.21. The van der Waals surface area contributed by atoms with Gasteiger partial charge in [0.25, 0.3) is 0 Å². The Kier molecular flexibility index (Phi) is 3.24. The van der Waals surface area contributed by atoms with Crippen LogP contribution in [0.4, 0.5) is 5.82 Å². The van der Waals surface area contributed by atoms with E-state index in [1.807, 2.05) is 17.0 Å². The fraction of sp³-hybridized carbons (Fsp3) is 0.200. The summed E-state index contributed by atoms with van der Waals surface area (Å²) in [6.07, 6.45) is 3.83. The number of nitriles is 1. The molecular weight excluding hydrogens is 268 g/mol. The van der Waals surface area contributed by atoms with Gasteiger partial charge in [0.2, 0.25) is 0 Å². The molecule has 3 rings (SSSR count). The number of carbonyl (C=O) groups is 1. The average Bonchev–Trinajstić information content (AvgIpc) is 2.53. The fourth-order valence-corrected chi connectivity index (χ4v) is 2.51. The maximum Gasteiger partial charge on any atom is 0.335 e. The van der Waals surface area contributed by atoms with Crippen molar-refractivity contribution in [2.75, 3.05) is 11.4 Å².